The molecule has 2 aliphatic rings. The summed E-state index contributed by atoms with van der Waals surface area (Å²) >= 11 is 2.27. The van der Waals surface area contributed by atoms with E-state index in [9.17, 15) is 19.5 Å². The molecule has 0 aromatic carbocycles. The van der Waals surface area contributed by atoms with Crippen LogP contribution in [-0.4, -0.2) is 67.1 Å². The molecule has 34 heavy (non-hydrogen) atoms. The maximum absolute atomic E-state index is 12.9. The van der Waals surface area contributed by atoms with Crippen LogP contribution in [0.5, 0.6) is 0 Å². The molecule has 4 rings (SSSR count). The lowest BCUT2D eigenvalue weighted by atomic mass is 10.0. The minimum atomic E-state index is -1.19. The monoisotopic (exact) mass is 504 g/mol. The first-order chi connectivity index (χ1) is 16.3. The van der Waals surface area contributed by atoms with Crippen LogP contribution in [0.15, 0.2) is 41.0 Å². The van der Waals surface area contributed by atoms with E-state index in [-0.39, 0.29) is 22.4 Å². The van der Waals surface area contributed by atoms with Crippen LogP contribution in [0.3, 0.4) is 0 Å². The molecule has 0 aliphatic carbocycles. The lowest BCUT2D eigenvalue weighted by Crippen LogP contribution is -2.71. The summed E-state index contributed by atoms with van der Waals surface area (Å²) in [5.41, 5.74) is 7.04. The maximum atomic E-state index is 12.9. The van der Waals surface area contributed by atoms with Gasteiger partial charge in [-0.1, -0.05) is 12.1 Å². The number of carbonyl (C=O) groups excluding carboxylic acids is 2. The highest BCUT2D eigenvalue weighted by Crippen LogP contribution is 2.40. The number of aliphatic carboxylic acids is 1. The van der Waals surface area contributed by atoms with E-state index in [2.05, 4.69) is 19.8 Å². The highest BCUT2D eigenvalue weighted by molar-refractivity contribution is 8.00. The van der Waals surface area contributed by atoms with Crippen molar-refractivity contribution in [1.29, 1.82) is 0 Å². The average Bonchev–Trinajstić information content (AvgIpc) is 3.26. The summed E-state index contributed by atoms with van der Waals surface area (Å²) in [5, 5.41) is 15.7. The zero-order valence-electron chi connectivity index (χ0n) is 18.3. The Kier molecular flexibility index (Phi) is 6.79. The highest BCUT2D eigenvalue weighted by Gasteiger charge is 2.54. The van der Waals surface area contributed by atoms with E-state index >= 15 is 0 Å². The molecule has 14 heteroatoms. The summed E-state index contributed by atoms with van der Waals surface area (Å²) in [5.74, 6) is -2.06. The Bertz CT molecular complexity index is 1210. The van der Waals surface area contributed by atoms with Crippen LogP contribution >= 0.6 is 23.3 Å². The third-order valence-corrected chi connectivity index (χ3v) is 7.17. The number of hydrogen-bond acceptors (Lipinski definition) is 10. The van der Waals surface area contributed by atoms with Gasteiger partial charge in [-0.15, -0.1) is 11.8 Å². The van der Waals surface area contributed by atoms with Crippen molar-refractivity contribution in [3.63, 3.8) is 0 Å². The van der Waals surface area contributed by atoms with Crippen LogP contribution in [0.1, 0.15) is 18.3 Å². The molecule has 2 atom stereocenters. The van der Waals surface area contributed by atoms with Crippen molar-refractivity contribution in [3.8, 4) is 0 Å². The number of carboxylic acid groups (broad SMARTS) is 1. The number of nitrogens with zero attached hydrogens (tertiary/aromatic N) is 5. The number of aryl methyl sites for hydroxylation is 1. The summed E-state index contributed by atoms with van der Waals surface area (Å²) < 4.78 is 5.85. The number of aromatic nitrogens is 3. The molecule has 2 aromatic rings. The van der Waals surface area contributed by atoms with Crippen molar-refractivity contribution in [3.05, 3.63) is 47.2 Å². The number of carboxylic acids is 1. The number of anilines is 1. The van der Waals surface area contributed by atoms with Gasteiger partial charge in [0.05, 0.1) is 0 Å². The smallest absolute Gasteiger partial charge is 0.352 e. The largest absolute Gasteiger partial charge is 0.477 e. The Balaban J connectivity index is 1.53. The van der Waals surface area contributed by atoms with Crippen molar-refractivity contribution in [2.75, 3.05) is 18.6 Å². The lowest BCUT2D eigenvalue weighted by Gasteiger charge is -2.49. The van der Waals surface area contributed by atoms with Gasteiger partial charge in [-0.3, -0.25) is 14.5 Å². The van der Waals surface area contributed by atoms with Crippen molar-refractivity contribution >= 4 is 51.9 Å². The molecule has 4 N–H and O–H groups in total. The number of nitrogen functional groups attached to an aromatic ring is 1. The van der Waals surface area contributed by atoms with E-state index in [1.807, 2.05) is 36.0 Å². The summed E-state index contributed by atoms with van der Waals surface area (Å²) in [6.45, 7) is 2.38. The third kappa shape index (κ3) is 4.46. The zero-order valence-corrected chi connectivity index (χ0v) is 19.9. The third-order valence-electron chi connectivity index (χ3n) is 5.29. The van der Waals surface area contributed by atoms with Crippen LogP contribution in [0.2, 0.25) is 0 Å². The first-order valence-electron chi connectivity index (χ1n) is 10.2. The Morgan fingerprint density at radius 1 is 1.47 bits per heavy atom. The van der Waals surface area contributed by atoms with Crippen molar-refractivity contribution in [2.45, 2.75) is 31.3 Å². The zero-order chi connectivity index (χ0) is 24.4. The molecule has 12 nitrogen and oxygen atoms in total. The molecule has 2 amide bonds. The number of amides is 2. The predicted molar refractivity (Wildman–Crippen MR) is 124 cm³/mol. The second kappa shape index (κ2) is 9.77. The Morgan fingerprint density at radius 2 is 2.26 bits per heavy atom. The number of oxime groups is 1. The summed E-state index contributed by atoms with van der Waals surface area (Å²) in [6, 6.07) is 2.97. The second-order valence-electron chi connectivity index (χ2n) is 7.44. The van der Waals surface area contributed by atoms with Crippen molar-refractivity contribution in [1.82, 2.24) is 19.6 Å². The number of carbonyl (C=O) groups is 3. The molecular weight excluding hydrogens is 482 g/mol. The normalized spacial score (nSPS) is 20.0. The number of nitrogens with two attached hydrogens (primary N) is 1. The van der Waals surface area contributed by atoms with Crippen molar-refractivity contribution < 1.29 is 28.9 Å². The van der Waals surface area contributed by atoms with E-state index in [1.54, 1.807) is 0 Å². The fraction of sp³-hybridized carbons (Fsp3) is 0.350. The topological polar surface area (TPSA) is 164 Å². The molecule has 0 bridgehead atoms. The molecule has 1 unspecified atom stereocenters. The molecule has 4 heterocycles. The maximum Gasteiger partial charge on any atom is 0.352 e. The van der Waals surface area contributed by atoms with Gasteiger partial charge in [-0.2, -0.15) is 9.36 Å². The second-order valence-corrected chi connectivity index (χ2v) is 9.32. The minimum Gasteiger partial charge on any atom is -0.477 e. The molecular formula is C20H22N7O5S2+. The van der Waals surface area contributed by atoms with Crippen LogP contribution in [-0.2, 0) is 32.2 Å². The number of hydrogen-bond donors (Lipinski definition) is 3. The lowest BCUT2D eigenvalue weighted by molar-refractivity contribution is -0.689. The number of fused-ring (bicyclic) bond motifs is 1. The van der Waals surface area contributed by atoms with E-state index in [0.717, 1.165) is 23.5 Å². The molecule has 1 fully saturated rings. The first kappa shape index (κ1) is 23.6. The minimum absolute atomic E-state index is 0.0264. The average molecular weight is 505 g/mol. The number of nitrogens with one attached hydrogen (secondary N) is 1. The quantitative estimate of drug-likeness (QED) is 0.190. The van der Waals surface area contributed by atoms with E-state index in [4.69, 9.17) is 10.6 Å². The summed E-state index contributed by atoms with van der Waals surface area (Å²) in [7, 11) is 1.26. The van der Waals surface area contributed by atoms with E-state index in [0.29, 0.717) is 17.9 Å². The Morgan fingerprint density at radius 3 is 2.91 bits per heavy atom. The highest BCUT2D eigenvalue weighted by atomic mass is 32.2. The first-order valence-corrected chi connectivity index (χ1v) is 12.1. The Labute approximate surface area is 202 Å². The molecule has 0 saturated carbocycles. The molecule has 2 aliphatic heterocycles. The van der Waals surface area contributed by atoms with Gasteiger partial charge in [0.15, 0.2) is 24.1 Å². The van der Waals surface area contributed by atoms with E-state index in [1.165, 1.54) is 23.8 Å². The molecule has 0 radical (unpaired) electrons. The fourth-order valence-corrected chi connectivity index (χ4v) is 5.49. The summed E-state index contributed by atoms with van der Waals surface area (Å²) in [6.07, 6.45) is 4.67. The van der Waals surface area contributed by atoms with Gasteiger partial charge >= 0.3 is 5.97 Å². The standard InChI is InChI=1S/C20H21N7O5S2/c1-3-10-5-4-6-26(7-10)8-11-9-33-18-13(17(29)27(18)14(11)19(30)31)22-16(28)12(24-32-2)15-23-20(21)34-25-15/h4-7,13,18H,3,8-9H2,1-2H3,(H3-,21,22,23,25,28,30,31)/p+1/t13?,18-/m0/s1. The number of thioether (sulfide) groups is 1. The van der Waals surface area contributed by atoms with Crippen LogP contribution in [0.25, 0.3) is 0 Å². The number of rotatable bonds is 8. The molecule has 1 saturated heterocycles. The van der Waals surface area contributed by atoms with Gasteiger partial charge in [0, 0.05) is 34.5 Å². The van der Waals surface area contributed by atoms with Gasteiger partial charge < -0.3 is 21.0 Å². The Hall–Kier alpha value is -3.52. The van der Waals surface area contributed by atoms with Gasteiger partial charge in [0.1, 0.15) is 24.2 Å². The van der Waals surface area contributed by atoms with Gasteiger partial charge in [0.2, 0.25) is 11.5 Å². The fourth-order valence-electron chi connectivity index (χ4n) is 3.73. The number of β-lactam (4-membered cyclic amide) rings is 1. The molecule has 0 spiro atoms. The number of pyridine rings is 1. The van der Waals surface area contributed by atoms with Crippen LogP contribution in [0, 0.1) is 0 Å². The van der Waals surface area contributed by atoms with Gasteiger partial charge in [-0.05, 0) is 12.5 Å². The van der Waals surface area contributed by atoms with Gasteiger partial charge in [-0.25, -0.2) is 9.36 Å². The van der Waals surface area contributed by atoms with E-state index < -0.39 is 29.2 Å². The molecule has 178 valence electrons. The SMILES string of the molecule is CCc1ccc[n+](CC2=C(C(=O)O)N3C(=O)C(NC(=O)C(=NOC)c4nsc(N)n4)[C@@H]3SC2)c1. The summed E-state index contributed by atoms with van der Waals surface area (Å²) in [4.78, 5) is 47.7. The van der Waals surface area contributed by atoms with Crippen LogP contribution in [0.4, 0.5) is 5.13 Å². The van der Waals surface area contributed by atoms with Gasteiger partial charge in [0.25, 0.3) is 11.8 Å². The van der Waals surface area contributed by atoms with Crippen LogP contribution < -0.4 is 15.6 Å². The van der Waals surface area contributed by atoms with Crippen molar-refractivity contribution in [2.24, 2.45) is 5.16 Å². The predicted octanol–water partition coefficient (Wildman–Crippen LogP) is -0.240. The molecule has 2 aromatic heterocycles.